The quantitative estimate of drug-likeness (QED) is 0.427. The van der Waals surface area contributed by atoms with E-state index in [4.69, 9.17) is 0 Å². The first-order chi connectivity index (χ1) is 4.33. The van der Waals surface area contributed by atoms with Crippen LogP contribution >= 0.6 is 0 Å². The zero-order valence-corrected chi connectivity index (χ0v) is 4.97. The summed E-state index contributed by atoms with van der Waals surface area (Å²) in [5.41, 5.74) is -0.910. The molecular weight excluding hydrogens is 151 g/mol. The zero-order chi connectivity index (χ0) is 8.36. The molecule has 58 valence electrons. The molecule has 0 aliphatic carbocycles. The standard InChI is InChI=1S/C4H4F3NO2/c1-3(8(9)10)2-4(5,6)7/h2H,1H3. The van der Waals surface area contributed by atoms with Gasteiger partial charge in [0.25, 0.3) is 0 Å². The molecule has 0 radical (unpaired) electrons. The van der Waals surface area contributed by atoms with Gasteiger partial charge in [-0.05, 0) is 0 Å². The van der Waals surface area contributed by atoms with Crippen LogP contribution in [0.4, 0.5) is 13.2 Å². The highest BCUT2D eigenvalue weighted by Crippen LogP contribution is 2.18. The van der Waals surface area contributed by atoms with Gasteiger partial charge in [0.2, 0.25) is 5.70 Å². The fourth-order valence-electron chi connectivity index (χ4n) is 0.290. The van der Waals surface area contributed by atoms with E-state index in [0.717, 1.165) is 6.92 Å². The minimum Gasteiger partial charge on any atom is -0.259 e. The largest absolute Gasteiger partial charge is 0.415 e. The van der Waals surface area contributed by atoms with Crippen molar-refractivity contribution in [1.29, 1.82) is 0 Å². The van der Waals surface area contributed by atoms with E-state index in [1.54, 1.807) is 0 Å². The van der Waals surface area contributed by atoms with Gasteiger partial charge < -0.3 is 0 Å². The van der Waals surface area contributed by atoms with Crippen molar-refractivity contribution in [3.8, 4) is 0 Å². The summed E-state index contributed by atoms with van der Waals surface area (Å²) in [7, 11) is 0. The fourth-order valence-corrected chi connectivity index (χ4v) is 0.290. The van der Waals surface area contributed by atoms with Crippen LogP contribution < -0.4 is 0 Å². The molecule has 0 saturated heterocycles. The fraction of sp³-hybridized carbons (Fsp3) is 0.500. The Kier molecular flexibility index (Phi) is 2.39. The Hall–Kier alpha value is -1.07. The second kappa shape index (κ2) is 2.68. The molecule has 3 nitrogen and oxygen atoms in total. The molecule has 0 amide bonds. The van der Waals surface area contributed by atoms with Crippen LogP contribution in [0.3, 0.4) is 0 Å². The van der Waals surface area contributed by atoms with Crippen molar-refractivity contribution in [1.82, 2.24) is 0 Å². The highest BCUT2D eigenvalue weighted by Gasteiger charge is 2.27. The van der Waals surface area contributed by atoms with Gasteiger partial charge in [-0.15, -0.1) is 0 Å². The van der Waals surface area contributed by atoms with Crippen LogP contribution in [0.2, 0.25) is 0 Å². The lowest BCUT2D eigenvalue weighted by Gasteiger charge is -1.96. The third kappa shape index (κ3) is 3.88. The Morgan fingerprint density at radius 3 is 2.10 bits per heavy atom. The second-order valence-corrected chi connectivity index (χ2v) is 1.58. The van der Waals surface area contributed by atoms with Gasteiger partial charge in [-0.1, -0.05) is 0 Å². The molecule has 0 aliphatic rings. The van der Waals surface area contributed by atoms with Gasteiger partial charge in [-0.2, -0.15) is 13.2 Å². The van der Waals surface area contributed by atoms with Crippen molar-refractivity contribution in [2.24, 2.45) is 0 Å². The molecule has 0 aliphatic heterocycles. The average Bonchev–Trinajstić information content (AvgIpc) is 1.60. The summed E-state index contributed by atoms with van der Waals surface area (Å²) in [6, 6.07) is 0. The molecule has 0 unspecified atom stereocenters. The molecule has 0 bridgehead atoms. The molecule has 0 aromatic rings. The number of hydrogen-bond acceptors (Lipinski definition) is 2. The molecule has 0 atom stereocenters. The molecule has 6 heteroatoms. The maximum Gasteiger partial charge on any atom is 0.415 e. The molecular formula is C4H4F3NO2. The van der Waals surface area contributed by atoms with Gasteiger partial charge in [0.1, 0.15) is 0 Å². The van der Waals surface area contributed by atoms with E-state index in [2.05, 4.69) is 0 Å². The second-order valence-electron chi connectivity index (χ2n) is 1.58. The van der Waals surface area contributed by atoms with Gasteiger partial charge in [-0.3, -0.25) is 10.1 Å². The first-order valence-electron chi connectivity index (χ1n) is 2.23. The van der Waals surface area contributed by atoms with E-state index in [9.17, 15) is 23.3 Å². The van der Waals surface area contributed by atoms with Crippen molar-refractivity contribution in [2.45, 2.75) is 13.1 Å². The van der Waals surface area contributed by atoms with Gasteiger partial charge >= 0.3 is 6.18 Å². The Labute approximate surface area is 54.3 Å². The lowest BCUT2D eigenvalue weighted by Crippen LogP contribution is -2.06. The summed E-state index contributed by atoms with van der Waals surface area (Å²) >= 11 is 0. The predicted octanol–water partition coefficient (Wildman–Crippen LogP) is 1.73. The number of alkyl halides is 3. The number of halogens is 3. The lowest BCUT2D eigenvalue weighted by molar-refractivity contribution is -0.426. The summed E-state index contributed by atoms with van der Waals surface area (Å²) in [5.74, 6) is 0. The molecule has 0 saturated carbocycles. The summed E-state index contributed by atoms with van der Waals surface area (Å²) in [5, 5.41) is 9.61. The topological polar surface area (TPSA) is 43.1 Å². The summed E-state index contributed by atoms with van der Waals surface area (Å²) in [6.45, 7) is 0.785. The van der Waals surface area contributed by atoms with E-state index in [1.165, 1.54) is 0 Å². The first kappa shape index (κ1) is 8.93. The maximum atomic E-state index is 11.3. The Morgan fingerprint density at radius 2 is 2.00 bits per heavy atom. The van der Waals surface area contributed by atoms with E-state index < -0.39 is 16.8 Å². The highest BCUT2D eigenvalue weighted by atomic mass is 19.4. The molecule has 0 fully saturated rings. The summed E-state index contributed by atoms with van der Waals surface area (Å²) in [4.78, 5) is 8.52. The van der Waals surface area contributed by atoms with E-state index in [-0.39, 0.29) is 6.08 Å². The SMILES string of the molecule is CC(=CC(F)(F)F)[N+](=O)[O-]. The first-order valence-corrected chi connectivity index (χ1v) is 2.23. The van der Waals surface area contributed by atoms with Crippen LogP contribution in [0.5, 0.6) is 0 Å². The smallest absolute Gasteiger partial charge is 0.259 e. The molecule has 0 aromatic heterocycles. The van der Waals surface area contributed by atoms with E-state index in [0.29, 0.717) is 0 Å². The maximum absolute atomic E-state index is 11.3. The number of nitro groups is 1. The third-order valence-corrected chi connectivity index (χ3v) is 0.661. The van der Waals surface area contributed by atoms with Gasteiger partial charge in [0.05, 0.1) is 11.0 Å². The van der Waals surface area contributed by atoms with Crippen LogP contribution in [-0.4, -0.2) is 11.1 Å². The van der Waals surface area contributed by atoms with Gasteiger partial charge in [-0.25, -0.2) is 0 Å². The van der Waals surface area contributed by atoms with Crippen molar-refractivity contribution >= 4 is 0 Å². The van der Waals surface area contributed by atoms with Crippen LogP contribution in [-0.2, 0) is 0 Å². The number of hydrogen-bond donors (Lipinski definition) is 0. The normalized spacial score (nSPS) is 13.4. The monoisotopic (exact) mass is 155 g/mol. The van der Waals surface area contributed by atoms with E-state index in [1.807, 2.05) is 0 Å². The number of nitrogens with zero attached hydrogens (tertiary/aromatic N) is 1. The molecule has 0 N–H and O–H groups in total. The zero-order valence-electron chi connectivity index (χ0n) is 4.97. The molecule has 0 spiro atoms. The molecule has 0 rings (SSSR count). The minimum absolute atomic E-state index is 0.354. The van der Waals surface area contributed by atoms with Gasteiger partial charge in [0.15, 0.2) is 0 Å². The van der Waals surface area contributed by atoms with Crippen LogP contribution in [0.1, 0.15) is 6.92 Å². The van der Waals surface area contributed by atoms with E-state index >= 15 is 0 Å². The molecule has 0 aromatic carbocycles. The van der Waals surface area contributed by atoms with Crippen molar-refractivity contribution in [3.63, 3.8) is 0 Å². The Balaban J connectivity index is 4.32. The Morgan fingerprint density at radius 1 is 1.60 bits per heavy atom. The van der Waals surface area contributed by atoms with Crippen LogP contribution in [0, 0.1) is 10.1 Å². The number of rotatable bonds is 1. The summed E-state index contributed by atoms with van der Waals surface area (Å²) in [6.07, 6.45) is -4.95. The lowest BCUT2D eigenvalue weighted by atomic mass is 10.4. The average molecular weight is 155 g/mol. The predicted molar refractivity (Wildman–Crippen MR) is 26.8 cm³/mol. The van der Waals surface area contributed by atoms with Crippen LogP contribution in [0.25, 0.3) is 0 Å². The van der Waals surface area contributed by atoms with Gasteiger partial charge in [0, 0.05) is 6.92 Å². The van der Waals surface area contributed by atoms with Crippen LogP contribution in [0.15, 0.2) is 11.8 Å². The van der Waals surface area contributed by atoms with Crippen molar-refractivity contribution in [3.05, 3.63) is 21.9 Å². The van der Waals surface area contributed by atoms with Crippen molar-refractivity contribution in [2.75, 3.05) is 0 Å². The number of allylic oxidation sites excluding steroid dienone is 2. The summed E-state index contributed by atoms with van der Waals surface area (Å²) < 4.78 is 33.9. The third-order valence-electron chi connectivity index (χ3n) is 0.661. The molecule has 0 heterocycles. The molecule has 10 heavy (non-hydrogen) atoms. The van der Waals surface area contributed by atoms with Crippen molar-refractivity contribution < 1.29 is 18.1 Å². The minimum atomic E-state index is -4.60. The Bertz CT molecular complexity index is 172. The highest BCUT2D eigenvalue weighted by molar-refractivity contribution is 4.92.